The van der Waals surface area contributed by atoms with Gasteiger partial charge in [0, 0.05) is 11.6 Å². The van der Waals surface area contributed by atoms with E-state index in [0.29, 0.717) is 12.3 Å². The lowest BCUT2D eigenvalue weighted by atomic mass is 10.0. The summed E-state index contributed by atoms with van der Waals surface area (Å²) in [5.74, 6) is -1.03. The van der Waals surface area contributed by atoms with E-state index in [-0.39, 0.29) is 5.56 Å². The molecule has 0 aliphatic heterocycles. The molecular weight excluding hydrogens is 379 g/mol. The quantitative estimate of drug-likeness (QED) is 0.294. The average molecular weight is 402 g/mol. The molecule has 0 amide bonds. The molecule has 0 N–H and O–H groups in total. The number of nitrogens with zero attached hydrogens (tertiary/aromatic N) is 2. The second kappa shape index (κ2) is 8.91. The fraction of sp³-hybridized carbons (Fsp3) is 0.200. The molecule has 0 aliphatic rings. The Morgan fingerprint density at radius 2 is 1.87 bits per heavy atom. The molecule has 5 heteroatoms. The molecule has 4 nitrogen and oxygen atoms in total. The van der Waals surface area contributed by atoms with Crippen LogP contribution in [-0.4, -0.2) is 22.4 Å². The Kier molecular flexibility index (Phi) is 5.89. The van der Waals surface area contributed by atoms with Crippen molar-refractivity contribution in [2.45, 2.75) is 26.2 Å². The number of hydrogen-bond donors (Lipinski definition) is 0. The van der Waals surface area contributed by atoms with Crippen molar-refractivity contribution < 1.29 is 13.9 Å². The second-order valence-corrected chi connectivity index (χ2v) is 7.28. The molecule has 0 unspecified atom stereocenters. The third kappa shape index (κ3) is 4.40. The zero-order valence-corrected chi connectivity index (χ0v) is 16.8. The predicted molar refractivity (Wildman–Crippen MR) is 115 cm³/mol. The Morgan fingerprint density at radius 3 is 2.63 bits per heavy atom. The van der Waals surface area contributed by atoms with E-state index in [0.717, 1.165) is 30.2 Å². The van der Waals surface area contributed by atoms with E-state index < -0.39 is 11.8 Å². The highest BCUT2D eigenvalue weighted by atomic mass is 19.1. The van der Waals surface area contributed by atoms with Crippen molar-refractivity contribution in [2.75, 3.05) is 6.61 Å². The van der Waals surface area contributed by atoms with E-state index in [1.54, 1.807) is 12.1 Å². The van der Waals surface area contributed by atoms with Gasteiger partial charge in [-0.25, -0.2) is 13.9 Å². The largest absolute Gasteiger partial charge is 0.462 e. The highest BCUT2D eigenvalue weighted by Gasteiger charge is 2.13. The van der Waals surface area contributed by atoms with Gasteiger partial charge in [0.05, 0.1) is 17.7 Å². The molecule has 3 aromatic carbocycles. The maximum Gasteiger partial charge on any atom is 0.338 e. The zero-order chi connectivity index (χ0) is 20.9. The zero-order valence-electron chi connectivity index (χ0n) is 16.8. The van der Waals surface area contributed by atoms with Crippen LogP contribution in [0.25, 0.3) is 16.6 Å². The molecule has 1 aromatic heterocycles. The summed E-state index contributed by atoms with van der Waals surface area (Å²) >= 11 is 0. The topological polar surface area (TPSA) is 44.1 Å². The number of ether oxygens (including phenoxy) is 1. The van der Waals surface area contributed by atoms with Gasteiger partial charge in [-0.1, -0.05) is 49.7 Å². The Labute approximate surface area is 174 Å². The Bertz CT molecular complexity index is 1170. The fourth-order valence-corrected chi connectivity index (χ4v) is 3.35. The van der Waals surface area contributed by atoms with Crippen molar-refractivity contribution in [1.82, 2.24) is 9.78 Å². The molecule has 0 bridgehead atoms. The van der Waals surface area contributed by atoms with Crippen molar-refractivity contribution in [3.8, 4) is 5.69 Å². The maximum absolute atomic E-state index is 14.7. The van der Waals surface area contributed by atoms with Crippen LogP contribution in [0.1, 0.15) is 41.3 Å². The monoisotopic (exact) mass is 402 g/mol. The number of rotatable bonds is 7. The standard InChI is InChI=1S/C25H23FN2O2/c1-2-3-13-30-25(29)20-10-12-24(22(26)16-20)28-17-21-15-19(9-11-23(21)27-28)14-18-7-5-4-6-8-18/h4-12,15-17H,2-3,13-14H2,1H3. The molecule has 0 spiro atoms. The molecule has 4 rings (SSSR count). The minimum absolute atomic E-state index is 0.203. The van der Waals surface area contributed by atoms with Crippen molar-refractivity contribution in [2.24, 2.45) is 0 Å². The first-order valence-electron chi connectivity index (χ1n) is 10.1. The van der Waals surface area contributed by atoms with E-state index in [1.807, 2.05) is 43.5 Å². The summed E-state index contributed by atoms with van der Waals surface area (Å²) in [6, 6.07) is 20.6. The normalized spacial score (nSPS) is 11.0. The van der Waals surface area contributed by atoms with Crippen LogP contribution in [0.3, 0.4) is 0 Å². The second-order valence-electron chi connectivity index (χ2n) is 7.28. The summed E-state index contributed by atoms with van der Waals surface area (Å²) in [4.78, 5) is 12.0. The van der Waals surface area contributed by atoms with Gasteiger partial charge in [-0.3, -0.25) is 0 Å². The van der Waals surface area contributed by atoms with Crippen LogP contribution >= 0.6 is 0 Å². The summed E-state index contributed by atoms with van der Waals surface area (Å²) < 4.78 is 21.4. The summed E-state index contributed by atoms with van der Waals surface area (Å²) in [5.41, 5.74) is 3.68. The number of fused-ring (bicyclic) bond motifs is 1. The lowest BCUT2D eigenvalue weighted by molar-refractivity contribution is 0.0499. The maximum atomic E-state index is 14.7. The van der Waals surface area contributed by atoms with Gasteiger partial charge in [0.15, 0.2) is 0 Å². The third-order valence-electron chi connectivity index (χ3n) is 4.98. The molecule has 30 heavy (non-hydrogen) atoms. The molecule has 4 aromatic rings. The first-order chi connectivity index (χ1) is 14.6. The molecule has 0 aliphatic carbocycles. The van der Waals surface area contributed by atoms with E-state index in [9.17, 15) is 9.18 Å². The van der Waals surface area contributed by atoms with Gasteiger partial charge in [0.2, 0.25) is 0 Å². The van der Waals surface area contributed by atoms with Gasteiger partial charge in [0.1, 0.15) is 11.5 Å². The van der Waals surface area contributed by atoms with Crippen molar-refractivity contribution in [3.05, 3.63) is 95.4 Å². The first-order valence-corrected chi connectivity index (χ1v) is 10.1. The predicted octanol–water partition coefficient (Wildman–Crippen LogP) is 5.71. The van der Waals surface area contributed by atoms with Gasteiger partial charge in [-0.05, 0) is 54.3 Å². The van der Waals surface area contributed by atoms with Crippen LogP contribution in [0.15, 0.2) is 72.9 Å². The lowest BCUT2D eigenvalue weighted by Gasteiger charge is -2.07. The van der Waals surface area contributed by atoms with Crippen LogP contribution in [0.5, 0.6) is 0 Å². The first kappa shape index (κ1) is 19.8. The van der Waals surface area contributed by atoms with Crippen LogP contribution in [-0.2, 0) is 11.2 Å². The Balaban J connectivity index is 1.56. The Morgan fingerprint density at radius 1 is 1.03 bits per heavy atom. The van der Waals surface area contributed by atoms with Crippen molar-refractivity contribution in [3.63, 3.8) is 0 Å². The van der Waals surface area contributed by atoms with E-state index in [2.05, 4.69) is 23.3 Å². The molecule has 152 valence electrons. The number of carbonyl (C=O) groups excluding carboxylic acids is 1. The van der Waals surface area contributed by atoms with Crippen molar-refractivity contribution >= 4 is 16.9 Å². The molecular formula is C25H23FN2O2. The molecule has 0 saturated carbocycles. The minimum Gasteiger partial charge on any atom is -0.462 e. The summed E-state index contributed by atoms with van der Waals surface area (Å²) in [7, 11) is 0. The van der Waals surface area contributed by atoms with Gasteiger partial charge in [-0.15, -0.1) is 0 Å². The highest BCUT2D eigenvalue weighted by Crippen LogP contribution is 2.21. The minimum atomic E-state index is -0.516. The van der Waals surface area contributed by atoms with Gasteiger partial charge >= 0.3 is 5.97 Å². The number of unbranched alkanes of at least 4 members (excludes halogenated alkanes) is 1. The molecule has 0 radical (unpaired) electrons. The average Bonchev–Trinajstić information content (AvgIpc) is 3.17. The van der Waals surface area contributed by atoms with E-state index >= 15 is 0 Å². The number of aromatic nitrogens is 2. The SMILES string of the molecule is CCCCOC(=O)c1ccc(-n2cc3cc(Cc4ccccc4)ccc3n2)c(F)c1. The van der Waals surface area contributed by atoms with Crippen LogP contribution in [0.4, 0.5) is 4.39 Å². The van der Waals surface area contributed by atoms with Gasteiger partial charge in [-0.2, -0.15) is 5.10 Å². The summed E-state index contributed by atoms with van der Waals surface area (Å²) in [5, 5.41) is 5.42. The fourth-order valence-electron chi connectivity index (χ4n) is 3.35. The highest BCUT2D eigenvalue weighted by molar-refractivity contribution is 5.89. The number of carbonyl (C=O) groups is 1. The summed E-state index contributed by atoms with van der Waals surface area (Å²) in [6.07, 6.45) is 4.35. The molecule has 0 fully saturated rings. The van der Waals surface area contributed by atoms with Crippen molar-refractivity contribution in [1.29, 1.82) is 0 Å². The van der Waals surface area contributed by atoms with Gasteiger partial charge < -0.3 is 4.74 Å². The van der Waals surface area contributed by atoms with E-state index in [1.165, 1.54) is 21.9 Å². The van der Waals surface area contributed by atoms with Crippen LogP contribution < -0.4 is 0 Å². The molecule has 1 heterocycles. The lowest BCUT2D eigenvalue weighted by Crippen LogP contribution is -2.08. The number of hydrogen-bond acceptors (Lipinski definition) is 3. The number of halogens is 1. The molecule has 0 saturated heterocycles. The van der Waals surface area contributed by atoms with E-state index in [4.69, 9.17) is 4.74 Å². The number of esters is 1. The van der Waals surface area contributed by atoms with Crippen LogP contribution in [0, 0.1) is 5.82 Å². The smallest absolute Gasteiger partial charge is 0.338 e. The number of benzene rings is 3. The summed E-state index contributed by atoms with van der Waals surface area (Å²) in [6.45, 7) is 2.36. The van der Waals surface area contributed by atoms with Gasteiger partial charge in [0.25, 0.3) is 0 Å². The Hall–Kier alpha value is -3.47. The molecule has 0 atom stereocenters. The third-order valence-corrected chi connectivity index (χ3v) is 4.98. The van der Waals surface area contributed by atoms with Crippen LogP contribution in [0.2, 0.25) is 0 Å².